The summed E-state index contributed by atoms with van der Waals surface area (Å²) in [7, 11) is 1.70. The minimum absolute atomic E-state index is 0.0154. The molecule has 2 aliphatic carbocycles. The van der Waals surface area contributed by atoms with Crippen LogP contribution in [0.3, 0.4) is 0 Å². The Kier molecular flexibility index (Phi) is 5.52. The predicted molar refractivity (Wildman–Crippen MR) is 122 cm³/mol. The van der Waals surface area contributed by atoms with Crippen LogP contribution in [0.5, 0.6) is 0 Å². The molecule has 1 aromatic heterocycles. The van der Waals surface area contributed by atoms with Crippen molar-refractivity contribution < 1.29 is 9.59 Å². The van der Waals surface area contributed by atoms with Gasteiger partial charge in [-0.3, -0.25) is 14.3 Å². The number of carbonyl (C=O) groups is 2. The van der Waals surface area contributed by atoms with Crippen molar-refractivity contribution >= 4 is 11.8 Å². The molecule has 2 aromatic carbocycles. The standard InChI is InChI=1S/C26H28N4O2/c1-30-24(26(32)28-22-15-7-11-18-9-3-5-13-20(18)22)16-23(29-30)25(31)27-21-14-6-10-17-8-2-4-12-19(17)21/h2-5,8-9,12-13,16,21-22H,6-7,10-11,14-15H2,1H3,(H,27,31)(H,28,32)/t21-,22+/m1/s1. The average molecular weight is 429 g/mol. The first-order valence-electron chi connectivity index (χ1n) is 11.4. The van der Waals surface area contributed by atoms with E-state index >= 15 is 0 Å². The fourth-order valence-corrected chi connectivity index (χ4v) is 5.06. The van der Waals surface area contributed by atoms with Gasteiger partial charge in [-0.25, -0.2) is 0 Å². The molecule has 0 saturated heterocycles. The van der Waals surface area contributed by atoms with Gasteiger partial charge in [-0.2, -0.15) is 5.10 Å². The maximum atomic E-state index is 13.0. The molecule has 0 spiro atoms. The van der Waals surface area contributed by atoms with E-state index in [1.807, 2.05) is 24.3 Å². The Balaban J connectivity index is 1.30. The third-order valence-electron chi connectivity index (χ3n) is 6.69. The molecule has 6 nitrogen and oxygen atoms in total. The van der Waals surface area contributed by atoms with Gasteiger partial charge in [0.1, 0.15) is 5.69 Å². The van der Waals surface area contributed by atoms with Crippen LogP contribution in [-0.2, 0) is 19.9 Å². The summed E-state index contributed by atoms with van der Waals surface area (Å²) in [6.07, 6.45) is 5.99. The average Bonchev–Trinajstić information content (AvgIpc) is 3.21. The third-order valence-corrected chi connectivity index (χ3v) is 6.69. The molecule has 0 unspecified atom stereocenters. The van der Waals surface area contributed by atoms with E-state index < -0.39 is 0 Å². The number of carbonyl (C=O) groups excluding carboxylic acids is 2. The summed E-state index contributed by atoms with van der Waals surface area (Å²) in [5, 5.41) is 10.6. The number of hydrogen-bond donors (Lipinski definition) is 2. The van der Waals surface area contributed by atoms with E-state index in [4.69, 9.17) is 0 Å². The molecule has 32 heavy (non-hydrogen) atoms. The quantitative estimate of drug-likeness (QED) is 0.659. The first-order valence-corrected chi connectivity index (χ1v) is 11.4. The van der Waals surface area contributed by atoms with E-state index in [0.717, 1.165) is 38.5 Å². The Morgan fingerprint density at radius 3 is 1.97 bits per heavy atom. The van der Waals surface area contributed by atoms with Gasteiger partial charge < -0.3 is 10.6 Å². The highest BCUT2D eigenvalue weighted by molar-refractivity contribution is 5.98. The lowest BCUT2D eigenvalue weighted by Crippen LogP contribution is -2.32. The van der Waals surface area contributed by atoms with Gasteiger partial charge in [0.15, 0.2) is 5.69 Å². The van der Waals surface area contributed by atoms with Crippen LogP contribution in [-0.4, -0.2) is 21.6 Å². The minimum atomic E-state index is -0.246. The zero-order valence-corrected chi connectivity index (χ0v) is 18.3. The van der Waals surface area contributed by atoms with Crippen molar-refractivity contribution in [2.75, 3.05) is 0 Å². The Bertz CT molecular complexity index is 1170. The maximum Gasteiger partial charge on any atom is 0.272 e. The van der Waals surface area contributed by atoms with Gasteiger partial charge >= 0.3 is 0 Å². The summed E-state index contributed by atoms with van der Waals surface area (Å²) in [5.41, 5.74) is 5.60. The monoisotopic (exact) mass is 428 g/mol. The summed E-state index contributed by atoms with van der Waals surface area (Å²) in [6, 6.07) is 18.1. The molecular formula is C26H28N4O2. The number of aromatic nitrogens is 2. The smallest absolute Gasteiger partial charge is 0.272 e. The van der Waals surface area contributed by atoms with Crippen LogP contribution in [0.1, 0.15) is 81.0 Å². The van der Waals surface area contributed by atoms with Crippen molar-refractivity contribution in [2.24, 2.45) is 7.05 Å². The Morgan fingerprint density at radius 1 is 0.844 bits per heavy atom. The van der Waals surface area contributed by atoms with Crippen LogP contribution < -0.4 is 10.6 Å². The highest BCUT2D eigenvalue weighted by Gasteiger charge is 2.26. The number of fused-ring (bicyclic) bond motifs is 2. The maximum absolute atomic E-state index is 13.0. The molecule has 5 rings (SSSR count). The van der Waals surface area contributed by atoms with Gasteiger partial charge in [0.05, 0.1) is 12.1 Å². The molecule has 6 heteroatoms. The van der Waals surface area contributed by atoms with Crippen LogP contribution in [0.15, 0.2) is 54.6 Å². The predicted octanol–water partition coefficient (Wildman–Crippen LogP) is 4.03. The van der Waals surface area contributed by atoms with Gasteiger partial charge in [-0.05, 0) is 60.8 Å². The molecule has 2 amide bonds. The van der Waals surface area contributed by atoms with Crippen molar-refractivity contribution in [3.05, 3.63) is 88.2 Å². The van der Waals surface area contributed by atoms with E-state index in [0.29, 0.717) is 5.69 Å². The van der Waals surface area contributed by atoms with Crippen LogP contribution in [0.25, 0.3) is 0 Å². The lowest BCUT2D eigenvalue weighted by molar-refractivity contribution is 0.0917. The first-order chi connectivity index (χ1) is 15.6. The van der Waals surface area contributed by atoms with Gasteiger partial charge in [0.25, 0.3) is 11.8 Å². The lowest BCUT2D eigenvalue weighted by Gasteiger charge is -2.26. The Labute approximate surface area is 188 Å². The van der Waals surface area contributed by atoms with Crippen LogP contribution >= 0.6 is 0 Å². The Morgan fingerprint density at radius 2 is 1.38 bits per heavy atom. The van der Waals surface area contributed by atoms with E-state index in [-0.39, 0.29) is 29.6 Å². The fraction of sp³-hybridized carbons (Fsp3) is 0.346. The Hall–Kier alpha value is -3.41. The van der Waals surface area contributed by atoms with E-state index in [9.17, 15) is 9.59 Å². The van der Waals surface area contributed by atoms with Gasteiger partial charge in [-0.15, -0.1) is 0 Å². The SMILES string of the molecule is Cn1nc(C(=O)N[C@@H]2CCCc3ccccc32)cc1C(=O)N[C@H]1CCCc2ccccc21. The normalized spacial score (nSPS) is 19.5. The molecule has 0 aliphatic heterocycles. The van der Waals surface area contributed by atoms with Gasteiger partial charge in [-0.1, -0.05) is 48.5 Å². The number of amides is 2. The fourth-order valence-electron chi connectivity index (χ4n) is 5.06. The minimum Gasteiger partial charge on any atom is -0.344 e. The summed E-state index contributed by atoms with van der Waals surface area (Å²) in [5.74, 6) is -0.451. The van der Waals surface area contributed by atoms with Crippen molar-refractivity contribution in [1.29, 1.82) is 0 Å². The molecule has 2 N–H and O–H groups in total. The van der Waals surface area contributed by atoms with Crippen molar-refractivity contribution in [1.82, 2.24) is 20.4 Å². The molecule has 0 fully saturated rings. The summed E-state index contributed by atoms with van der Waals surface area (Å²) >= 11 is 0. The van der Waals surface area contributed by atoms with Crippen LogP contribution in [0, 0.1) is 0 Å². The van der Waals surface area contributed by atoms with Gasteiger partial charge in [0.2, 0.25) is 0 Å². The molecule has 0 radical (unpaired) electrons. The molecule has 2 aliphatic rings. The number of benzene rings is 2. The second-order valence-electron chi connectivity index (χ2n) is 8.77. The van der Waals surface area contributed by atoms with Crippen LogP contribution in [0.4, 0.5) is 0 Å². The molecular weight excluding hydrogens is 400 g/mol. The highest BCUT2D eigenvalue weighted by Crippen LogP contribution is 2.31. The number of aryl methyl sites for hydroxylation is 3. The molecule has 164 valence electrons. The third kappa shape index (κ3) is 3.93. The number of nitrogens with zero attached hydrogens (tertiary/aromatic N) is 2. The topological polar surface area (TPSA) is 76.0 Å². The summed E-state index contributed by atoms with van der Waals surface area (Å²) in [4.78, 5) is 26.0. The van der Waals surface area contributed by atoms with Crippen LogP contribution in [0.2, 0.25) is 0 Å². The molecule has 3 aromatic rings. The zero-order valence-electron chi connectivity index (χ0n) is 18.3. The highest BCUT2D eigenvalue weighted by atomic mass is 16.2. The lowest BCUT2D eigenvalue weighted by atomic mass is 9.87. The zero-order chi connectivity index (χ0) is 22.1. The number of rotatable bonds is 4. The first kappa shape index (κ1) is 20.5. The van der Waals surface area contributed by atoms with Crippen molar-refractivity contribution in [3.8, 4) is 0 Å². The molecule has 0 bridgehead atoms. The van der Waals surface area contributed by atoms with E-state index in [1.165, 1.54) is 26.9 Å². The largest absolute Gasteiger partial charge is 0.344 e. The van der Waals surface area contributed by atoms with Crippen molar-refractivity contribution in [2.45, 2.75) is 50.6 Å². The second kappa shape index (κ2) is 8.61. The second-order valence-corrected chi connectivity index (χ2v) is 8.77. The molecule has 1 heterocycles. The van der Waals surface area contributed by atoms with E-state index in [1.54, 1.807) is 13.1 Å². The number of nitrogens with one attached hydrogen (secondary N) is 2. The number of hydrogen-bond acceptors (Lipinski definition) is 3. The van der Waals surface area contributed by atoms with Gasteiger partial charge in [0, 0.05) is 13.1 Å². The summed E-state index contributed by atoms with van der Waals surface area (Å²) in [6.45, 7) is 0. The summed E-state index contributed by atoms with van der Waals surface area (Å²) < 4.78 is 1.49. The van der Waals surface area contributed by atoms with E-state index in [2.05, 4.69) is 40.0 Å². The molecule has 2 atom stereocenters. The molecule has 0 saturated carbocycles. The van der Waals surface area contributed by atoms with Crippen molar-refractivity contribution in [3.63, 3.8) is 0 Å².